The van der Waals surface area contributed by atoms with E-state index in [1.165, 1.54) is 12.8 Å². The number of nitrogens with one attached hydrogen (secondary N) is 1. The van der Waals surface area contributed by atoms with Crippen molar-refractivity contribution in [2.24, 2.45) is 0 Å². The third-order valence-corrected chi connectivity index (χ3v) is 8.01. The summed E-state index contributed by atoms with van der Waals surface area (Å²) >= 11 is 0. The van der Waals surface area contributed by atoms with Crippen molar-refractivity contribution in [3.05, 3.63) is 0 Å². The summed E-state index contributed by atoms with van der Waals surface area (Å²) in [6.45, 7) is 17.4. The van der Waals surface area contributed by atoms with E-state index >= 15 is 0 Å². The lowest BCUT2D eigenvalue weighted by Gasteiger charge is -2.30. The predicted octanol–water partition coefficient (Wildman–Crippen LogP) is 3.20. The van der Waals surface area contributed by atoms with E-state index in [9.17, 15) is 0 Å². The van der Waals surface area contributed by atoms with Gasteiger partial charge in [-0.2, -0.15) is 0 Å². The van der Waals surface area contributed by atoms with Gasteiger partial charge in [0.05, 0.1) is 0 Å². The van der Waals surface area contributed by atoms with Crippen LogP contribution >= 0.6 is 0 Å². The molecule has 0 rings (SSSR count). The predicted molar refractivity (Wildman–Crippen MR) is 77.5 cm³/mol. The van der Waals surface area contributed by atoms with Crippen LogP contribution in [0.5, 0.6) is 0 Å². The minimum atomic E-state index is -0.798. The highest BCUT2D eigenvalue weighted by Crippen LogP contribution is 2.24. The second kappa shape index (κ2) is 9.20. The quantitative estimate of drug-likeness (QED) is 0.495. The Morgan fingerprint density at radius 2 is 1.38 bits per heavy atom. The van der Waals surface area contributed by atoms with Gasteiger partial charge in [-0.1, -0.05) is 54.4 Å². The van der Waals surface area contributed by atoms with Gasteiger partial charge in [-0.25, -0.2) is 0 Å². The van der Waals surface area contributed by atoms with Crippen molar-refractivity contribution in [1.82, 2.24) is 9.88 Å². The van der Waals surface area contributed by atoms with Crippen LogP contribution in [0.1, 0.15) is 54.4 Å². The van der Waals surface area contributed by atoms with Gasteiger partial charge in [0.2, 0.25) is 0 Å². The highest BCUT2D eigenvalue weighted by molar-refractivity contribution is 6.59. The fraction of sp³-hybridized carbons (Fsp3) is 1.00. The lowest BCUT2D eigenvalue weighted by atomic mass is 10.4. The van der Waals surface area contributed by atoms with Crippen molar-refractivity contribution in [1.29, 1.82) is 0 Å². The van der Waals surface area contributed by atoms with E-state index in [-0.39, 0.29) is 0 Å². The molecule has 0 aromatic rings. The van der Waals surface area contributed by atoms with E-state index in [1.807, 2.05) is 0 Å². The lowest BCUT2D eigenvalue weighted by Crippen LogP contribution is -2.46. The highest BCUT2D eigenvalue weighted by atomic mass is 28.3. The maximum Gasteiger partial charge on any atom is 0.115 e. The second-order valence-corrected chi connectivity index (χ2v) is 8.70. The molecule has 0 aromatic heterocycles. The Kier molecular flexibility index (Phi) is 9.28. The standard InChI is InChI=1S/C13H32N2Si/c1-7-12(5)16(13(6)8-2)14-11-15(9-3)10-4/h12-14,16H,7-11H2,1-6H3. The fourth-order valence-corrected chi connectivity index (χ4v) is 5.56. The number of nitrogens with zero attached hydrogens (tertiary/aromatic N) is 1. The van der Waals surface area contributed by atoms with Gasteiger partial charge in [0.25, 0.3) is 0 Å². The Morgan fingerprint density at radius 3 is 1.69 bits per heavy atom. The van der Waals surface area contributed by atoms with Gasteiger partial charge >= 0.3 is 0 Å². The summed E-state index contributed by atoms with van der Waals surface area (Å²) in [4.78, 5) is 6.36. The summed E-state index contributed by atoms with van der Waals surface area (Å²) in [7, 11) is -0.798. The van der Waals surface area contributed by atoms with Crippen LogP contribution in [-0.4, -0.2) is 33.6 Å². The summed E-state index contributed by atoms with van der Waals surface area (Å²) in [5.41, 5.74) is 1.82. The molecule has 0 amide bonds. The van der Waals surface area contributed by atoms with Crippen molar-refractivity contribution in [2.45, 2.75) is 65.5 Å². The zero-order valence-electron chi connectivity index (χ0n) is 12.2. The van der Waals surface area contributed by atoms with Crippen LogP contribution in [0.4, 0.5) is 0 Å². The smallest absolute Gasteiger partial charge is 0.115 e. The van der Waals surface area contributed by atoms with Gasteiger partial charge < -0.3 is 4.98 Å². The molecule has 0 aliphatic rings. The normalized spacial score (nSPS) is 17.4. The molecule has 0 saturated heterocycles. The Morgan fingerprint density at radius 1 is 0.938 bits per heavy atom. The Labute approximate surface area is 104 Å². The van der Waals surface area contributed by atoms with Gasteiger partial charge in [0.1, 0.15) is 8.96 Å². The first kappa shape index (κ1) is 16.1. The molecule has 0 bridgehead atoms. The third kappa shape index (κ3) is 5.46. The molecular formula is C13H32N2Si. The molecule has 0 aliphatic heterocycles. The van der Waals surface area contributed by atoms with Crippen molar-refractivity contribution in [3.8, 4) is 0 Å². The first-order valence-corrected chi connectivity index (χ1v) is 8.97. The summed E-state index contributed by atoms with van der Waals surface area (Å²) in [6.07, 6.45) is 2.65. The highest BCUT2D eigenvalue weighted by Gasteiger charge is 2.23. The van der Waals surface area contributed by atoms with E-state index in [0.717, 1.165) is 30.8 Å². The van der Waals surface area contributed by atoms with Gasteiger partial charge in [0, 0.05) is 6.67 Å². The number of hydrogen-bond acceptors (Lipinski definition) is 2. The number of hydrogen-bond donors (Lipinski definition) is 1. The van der Waals surface area contributed by atoms with E-state index in [1.54, 1.807) is 0 Å². The molecule has 0 spiro atoms. The molecule has 0 radical (unpaired) electrons. The van der Waals surface area contributed by atoms with E-state index in [0.29, 0.717) is 0 Å². The Balaban J connectivity index is 4.20. The van der Waals surface area contributed by atoms with Crippen LogP contribution in [0.2, 0.25) is 11.1 Å². The summed E-state index contributed by atoms with van der Waals surface area (Å²) in [5.74, 6) is 0. The zero-order chi connectivity index (χ0) is 12.6. The van der Waals surface area contributed by atoms with Gasteiger partial charge in [-0.3, -0.25) is 4.90 Å². The molecule has 0 fully saturated rings. The topological polar surface area (TPSA) is 15.3 Å². The molecule has 0 saturated carbocycles. The molecule has 2 atom stereocenters. The van der Waals surface area contributed by atoms with E-state index in [2.05, 4.69) is 51.4 Å². The largest absolute Gasteiger partial charge is 0.327 e. The average Bonchev–Trinajstić information content (AvgIpc) is 2.33. The maximum absolute atomic E-state index is 3.89. The molecule has 98 valence electrons. The van der Waals surface area contributed by atoms with E-state index in [4.69, 9.17) is 0 Å². The fourth-order valence-electron chi connectivity index (χ4n) is 2.15. The van der Waals surface area contributed by atoms with Crippen LogP contribution in [0.3, 0.4) is 0 Å². The van der Waals surface area contributed by atoms with Crippen LogP contribution in [0.15, 0.2) is 0 Å². The zero-order valence-corrected chi connectivity index (χ0v) is 13.4. The first-order valence-electron chi connectivity index (χ1n) is 7.06. The molecule has 3 heteroatoms. The van der Waals surface area contributed by atoms with Crippen LogP contribution < -0.4 is 4.98 Å². The minimum absolute atomic E-state index is 0.798. The van der Waals surface area contributed by atoms with Gasteiger partial charge in [-0.15, -0.1) is 0 Å². The minimum Gasteiger partial charge on any atom is -0.327 e. The molecule has 1 N–H and O–H groups in total. The summed E-state index contributed by atoms with van der Waals surface area (Å²) in [5, 5.41) is 0. The maximum atomic E-state index is 3.89. The summed E-state index contributed by atoms with van der Waals surface area (Å²) in [6, 6.07) is 0. The van der Waals surface area contributed by atoms with Crippen LogP contribution in [-0.2, 0) is 0 Å². The van der Waals surface area contributed by atoms with Gasteiger partial charge in [-0.05, 0) is 24.2 Å². The Bertz CT molecular complexity index is 150. The van der Waals surface area contributed by atoms with Gasteiger partial charge in [0.15, 0.2) is 0 Å². The molecule has 0 aliphatic carbocycles. The average molecular weight is 244 g/mol. The molecule has 2 unspecified atom stereocenters. The van der Waals surface area contributed by atoms with Crippen LogP contribution in [0.25, 0.3) is 0 Å². The van der Waals surface area contributed by atoms with Crippen molar-refractivity contribution in [2.75, 3.05) is 19.8 Å². The SMILES string of the molecule is CCC(C)[SiH](NCN(CC)CC)C(C)CC. The summed E-state index contributed by atoms with van der Waals surface area (Å²) < 4.78 is 0. The van der Waals surface area contributed by atoms with Crippen molar-refractivity contribution in [3.63, 3.8) is 0 Å². The Hall–Kier alpha value is 0.137. The van der Waals surface area contributed by atoms with Crippen molar-refractivity contribution < 1.29 is 0 Å². The monoisotopic (exact) mass is 244 g/mol. The van der Waals surface area contributed by atoms with Crippen molar-refractivity contribution >= 4 is 8.96 Å². The van der Waals surface area contributed by atoms with Crippen LogP contribution in [0, 0.1) is 0 Å². The molecule has 2 nitrogen and oxygen atoms in total. The second-order valence-electron chi connectivity index (χ2n) is 4.96. The molecule has 16 heavy (non-hydrogen) atoms. The first-order chi connectivity index (χ1) is 7.60. The molecule has 0 heterocycles. The van der Waals surface area contributed by atoms with E-state index < -0.39 is 8.96 Å². The molecular weight excluding hydrogens is 212 g/mol. The lowest BCUT2D eigenvalue weighted by molar-refractivity contribution is 0.298. The third-order valence-electron chi connectivity index (χ3n) is 3.96. The molecule has 0 aromatic carbocycles. The number of rotatable bonds is 9.